The smallest absolute Gasteiger partial charge is 0.272 e. The maximum Gasteiger partial charge on any atom is 0.272 e. The number of aryl methyl sites for hydroxylation is 1. The first-order valence-corrected chi connectivity index (χ1v) is 7.35. The number of anilines is 1. The second kappa shape index (κ2) is 7.06. The van der Waals surface area contributed by atoms with E-state index in [-0.39, 0.29) is 30.0 Å². The van der Waals surface area contributed by atoms with Crippen LogP contribution >= 0.6 is 0 Å². The molecule has 0 radical (unpaired) electrons. The average Bonchev–Trinajstić information content (AvgIpc) is 3.15. The summed E-state index contributed by atoms with van der Waals surface area (Å²) in [6, 6.07) is 1.51. The molecule has 0 bridgehead atoms. The molecular weight excluding hydrogens is 286 g/mol. The molecule has 8 heteroatoms. The molecule has 0 saturated heterocycles. The van der Waals surface area contributed by atoms with Crippen LogP contribution in [0.2, 0.25) is 0 Å². The summed E-state index contributed by atoms with van der Waals surface area (Å²) < 4.78 is 1.45. The highest BCUT2D eigenvalue weighted by Crippen LogP contribution is 2.26. The zero-order valence-corrected chi connectivity index (χ0v) is 12.8. The highest BCUT2D eigenvalue weighted by atomic mass is 16.2. The van der Waals surface area contributed by atoms with E-state index in [0.717, 1.165) is 25.7 Å². The van der Waals surface area contributed by atoms with Gasteiger partial charge in [0, 0.05) is 26.1 Å². The second-order valence-corrected chi connectivity index (χ2v) is 5.36. The third-order valence-corrected chi connectivity index (χ3v) is 3.78. The monoisotopic (exact) mass is 307 g/mol. The lowest BCUT2D eigenvalue weighted by Gasteiger charge is -2.09. The van der Waals surface area contributed by atoms with Crippen molar-refractivity contribution in [2.24, 2.45) is 13.0 Å². The normalized spacial score (nSPS) is 14.6. The Hall–Kier alpha value is -2.38. The van der Waals surface area contributed by atoms with Crippen LogP contribution in [0.4, 0.5) is 5.82 Å². The molecule has 1 aliphatic rings. The molecule has 1 heterocycles. The summed E-state index contributed by atoms with van der Waals surface area (Å²) in [5, 5.41) is 11.7. The molecule has 0 aromatic carbocycles. The van der Waals surface area contributed by atoms with Crippen LogP contribution < -0.4 is 16.0 Å². The number of hydrogen-bond acceptors (Lipinski definition) is 4. The predicted octanol–water partition coefficient (Wildman–Crippen LogP) is 0.0246. The number of nitrogens with zero attached hydrogens (tertiary/aromatic N) is 2. The van der Waals surface area contributed by atoms with Crippen molar-refractivity contribution >= 4 is 23.5 Å². The Balaban J connectivity index is 1.96. The largest absolute Gasteiger partial charge is 0.358 e. The predicted molar refractivity (Wildman–Crippen MR) is 80.2 cm³/mol. The quantitative estimate of drug-likeness (QED) is 0.713. The van der Waals surface area contributed by atoms with E-state index in [4.69, 9.17) is 0 Å². The molecule has 0 atom stereocenters. The van der Waals surface area contributed by atoms with Crippen LogP contribution in [-0.2, 0) is 16.6 Å². The van der Waals surface area contributed by atoms with Crippen molar-refractivity contribution in [3.63, 3.8) is 0 Å². The standard InChI is InChI=1S/C14H21N5O3/c1-15-12(20)8-16-14(22)10-7-11(19(2)18-10)17-13(21)9-5-3-4-6-9/h7,9H,3-6,8H2,1-2H3,(H,15,20)(H,16,22)(H,17,21). The first-order chi connectivity index (χ1) is 10.5. The minimum Gasteiger partial charge on any atom is -0.358 e. The van der Waals surface area contributed by atoms with Gasteiger partial charge in [-0.2, -0.15) is 5.10 Å². The van der Waals surface area contributed by atoms with Gasteiger partial charge >= 0.3 is 0 Å². The van der Waals surface area contributed by atoms with Gasteiger partial charge in [-0.05, 0) is 12.8 Å². The fourth-order valence-electron chi connectivity index (χ4n) is 2.45. The Kier molecular flexibility index (Phi) is 5.13. The third kappa shape index (κ3) is 3.84. The van der Waals surface area contributed by atoms with Gasteiger partial charge in [-0.1, -0.05) is 12.8 Å². The molecule has 2 rings (SSSR count). The van der Waals surface area contributed by atoms with Crippen LogP contribution in [0, 0.1) is 5.92 Å². The first-order valence-electron chi connectivity index (χ1n) is 7.35. The molecule has 1 aliphatic carbocycles. The molecule has 0 aliphatic heterocycles. The van der Waals surface area contributed by atoms with Crippen molar-refractivity contribution in [1.29, 1.82) is 0 Å². The minimum atomic E-state index is -0.458. The van der Waals surface area contributed by atoms with Crippen molar-refractivity contribution in [2.75, 3.05) is 18.9 Å². The second-order valence-electron chi connectivity index (χ2n) is 5.36. The molecule has 8 nitrogen and oxygen atoms in total. The van der Waals surface area contributed by atoms with Crippen molar-refractivity contribution in [1.82, 2.24) is 20.4 Å². The van der Waals surface area contributed by atoms with Crippen LogP contribution in [0.1, 0.15) is 36.2 Å². The number of hydrogen-bond donors (Lipinski definition) is 3. The van der Waals surface area contributed by atoms with Crippen LogP contribution in [0.5, 0.6) is 0 Å². The van der Waals surface area contributed by atoms with Gasteiger partial charge < -0.3 is 16.0 Å². The van der Waals surface area contributed by atoms with Crippen molar-refractivity contribution in [3.8, 4) is 0 Å². The number of nitrogens with one attached hydrogen (secondary N) is 3. The summed E-state index contributed by atoms with van der Waals surface area (Å²) in [4.78, 5) is 35.1. The maximum atomic E-state index is 12.1. The zero-order valence-electron chi connectivity index (χ0n) is 12.8. The summed E-state index contributed by atoms with van der Waals surface area (Å²) in [6.45, 7) is -0.115. The van der Waals surface area contributed by atoms with Gasteiger partial charge in [0.2, 0.25) is 11.8 Å². The number of amides is 3. The van der Waals surface area contributed by atoms with Crippen LogP contribution in [0.25, 0.3) is 0 Å². The summed E-state index contributed by atoms with van der Waals surface area (Å²) in [7, 11) is 3.14. The van der Waals surface area contributed by atoms with Gasteiger partial charge in [0.1, 0.15) is 5.82 Å². The summed E-state index contributed by atoms with van der Waals surface area (Å²) >= 11 is 0. The van der Waals surface area contributed by atoms with E-state index >= 15 is 0 Å². The highest BCUT2D eigenvalue weighted by Gasteiger charge is 2.24. The van der Waals surface area contributed by atoms with Gasteiger partial charge in [-0.15, -0.1) is 0 Å². The third-order valence-electron chi connectivity index (χ3n) is 3.78. The Bertz CT molecular complexity index is 575. The molecule has 3 amide bonds. The van der Waals surface area contributed by atoms with Crippen LogP contribution in [0.3, 0.4) is 0 Å². The number of likely N-dealkylation sites (N-methyl/N-ethyl adjacent to an activating group) is 1. The lowest BCUT2D eigenvalue weighted by molar-refractivity contribution is -0.120. The summed E-state index contributed by atoms with van der Waals surface area (Å²) in [5.41, 5.74) is 0.160. The molecule has 1 fully saturated rings. The van der Waals surface area contributed by atoms with E-state index in [1.165, 1.54) is 17.8 Å². The zero-order chi connectivity index (χ0) is 16.1. The number of carbonyl (C=O) groups is 3. The van der Waals surface area contributed by atoms with Gasteiger partial charge in [0.25, 0.3) is 5.91 Å². The minimum absolute atomic E-state index is 0.0298. The van der Waals surface area contributed by atoms with Crippen LogP contribution in [-0.4, -0.2) is 41.1 Å². The Morgan fingerprint density at radius 3 is 2.64 bits per heavy atom. The molecule has 3 N–H and O–H groups in total. The molecular formula is C14H21N5O3. The van der Waals surface area contributed by atoms with E-state index in [1.54, 1.807) is 7.05 Å². The van der Waals surface area contributed by atoms with Gasteiger partial charge in [0.15, 0.2) is 5.69 Å². The summed E-state index contributed by atoms with van der Waals surface area (Å²) in [6.07, 6.45) is 3.97. The molecule has 22 heavy (non-hydrogen) atoms. The SMILES string of the molecule is CNC(=O)CNC(=O)c1cc(NC(=O)C2CCCC2)n(C)n1. The molecule has 1 aromatic heterocycles. The molecule has 120 valence electrons. The van der Waals surface area contributed by atoms with Gasteiger partial charge in [0.05, 0.1) is 6.54 Å². The molecule has 0 unspecified atom stereocenters. The lowest BCUT2D eigenvalue weighted by Crippen LogP contribution is -2.35. The van der Waals surface area contributed by atoms with Crippen molar-refractivity contribution in [3.05, 3.63) is 11.8 Å². The Morgan fingerprint density at radius 1 is 1.32 bits per heavy atom. The number of carbonyl (C=O) groups excluding carboxylic acids is 3. The lowest BCUT2D eigenvalue weighted by atomic mass is 10.1. The number of aromatic nitrogens is 2. The first kappa shape index (κ1) is 16.0. The summed E-state index contributed by atoms with van der Waals surface area (Å²) in [5.74, 6) is -0.264. The Morgan fingerprint density at radius 2 is 2.00 bits per heavy atom. The van der Waals surface area contributed by atoms with E-state index in [2.05, 4.69) is 21.0 Å². The van der Waals surface area contributed by atoms with Crippen molar-refractivity contribution in [2.45, 2.75) is 25.7 Å². The van der Waals surface area contributed by atoms with E-state index < -0.39 is 5.91 Å². The van der Waals surface area contributed by atoms with Crippen LogP contribution in [0.15, 0.2) is 6.07 Å². The Labute approximate surface area is 128 Å². The fraction of sp³-hybridized carbons (Fsp3) is 0.571. The average molecular weight is 307 g/mol. The topological polar surface area (TPSA) is 105 Å². The molecule has 0 spiro atoms. The van der Waals surface area contributed by atoms with E-state index in [9.17, 15) is 14.4 Å². The van der Waals surface area contributed by atoms with Gasteiger partial charge in [-0.25, -0.2) is 0 Å². The molecule has 1 saturated carbocycles. The van der Waals surface area contributed by atoms with E-state index in [0.29, 0.717) is 5.82 Å². The maximum absolute atomic E-state index is 12.1. The van der Waals surface area contributed by atoms with E-state index in [1.807, 2.05) is 0 Å². The fourth-order valence-corrected chi connectivity index (χ4v) is 2.45. The van der Waals surface area contributed by atoms with Gasteiger partial charge in [-0.3, -0.25) is 19.1 Å². The number of rotatable bonds is 5. The van der Waals surface area contributed by atoms with Crippen molar-refractivity contribution < 1.29 is 14.4 Å². The highest BCUT2D eigenvalue weighted by molar-refractivity contribution is 5.97. The molecule has 1 aromatic rings.